The van der Waals surface area contributed by atoms with Gasteiger partial charge in [-0.1, -0.05) is 24.3 Å². The van der Waals surface area contributed by atoms with Gasteiger partial charge in [0, 0.05) is 0 Å². The first-order valence-corrected chi connectivity index (χ1v) is 6.98. The third-order valence-corrected chi connectivity index (χ3v) is 3.31. The molecule has 0 aliphatic carbocycles. The highest BCUT2D eigenvalue weighted by Gasteiger charge is 2.18. The van der Waals surface area contributed by atoms with Crippen LogP contribution in [0.1, 0.15) is 10.5 Å². The SMILES string of the molecule is COC(=O)c1nc2ccccc2nc1Nc1ccccc1OC. The van der Waals surface area contributed by atoms with E-state index in [0.29, 0.717) is 28.3 Å². The molecule has 0 saturated carbocycles. The predicted molar refractivity (Wildman–Crippen MR) is 87.2 cm³/mol. The van der Waals surface area contributed by atoms with Crippen LogP contribution in [-0.2, 0) is 4.74 Å². The minimum atomic E-state index is -0.555. The van der Waals surface area contributed by atoms with Crippen LogP contribution in [0.5, 0.6) is 5.75 Å². The molecule has 1 N–H and O–H groups in total. The molecule has 6 nitrogen and oxygen atoms in total. The second kappa shape index (κ2) is 6.31. The smallest absolute Gasteiger partial charge is 0.360 e. The van der Waals surface area contributed by atoms with Crippen molar-refractivity contribution in [1.29, 1.82) is 0 Å². The molecule has 0 radical (unpaired) electrons. The van der Waals surface area contributed by atoms with Crippen molar-refractivity contribution in [2.24, 2.45) is 0 Å². The van der Waals surface area contributed by atoms with Crippen molar-refractivity contribution in [1.82, 2.24) is 9.97 Å². The summed E-state index contributed by atoms with van der Waals surface area (Å²) in [6.07, 6.45) is 0. The Morgan fingerprint density at radius 3 is 2.30 bits per heavy atom. The maximum absolute atomic E-state index is 12.0. The fraction of sp³-hybridized carbons (Fsp3) is 0.118. The second-order valence-electron chi connectivity index (χ2n) is 4.73. The van der Waals surface area contributed by atoms with Gasteiger partial charge in [-0.05, 0) is 24.3 Å². The van der Waals surface area contributed by atoms with Crippen LogP contribution in [-0.4, -0.2) is 30.2 Å². The molecule has 1 heterocycles. The van der Waals surface area contributed by atoms with Crippen LogP contribution in [0.3, 0.4) is 0 Å². The van der Waals surface area contributed by atoms with Gasteiger partial charge in [-0.2, -0.15) is 0 Å². The van der Waals surface area contributed by atoms with Crippen molar-refractivity contribution < 1.29 is 14.3 Å². The molecule has 0 unspecified atom stereocenters. The van der Waals surface area contributed by atoms with Crippen LogP contribution in [0.2, 0.25) is 0 Å². The van der Waals surface area contributed by atoms with Crippen LogP contribution >= 0.6 is 0 Å². The molecule has 0 aliphatic rings. The molecule has 0 spiro atoms. The zero-order chi connectivity index (χ0) is 16.2. The van der Waals surface area contributed by atoms with E-state index in [0.717, 1.165) is 0 Å². The molecule has 0 atom stereocenters. The minimum absolute atomic E-state index is 0.122. The van der Waals surface area contributed by atoms with E-state index in [1.165, 1.54) is 7.11 Å². The number of nitrogens with one attached hydrogen (secondary N) is 1. The van der Waals surface area contributed by atoms with Gasteiger partial charge in [-0.3, -0.25) is 0 Å². The van der Waals surface area contributed by atoms with Crippen LogP contribution in [0.4, 0.5) is 11.5 Å². The van der Waals surface area contributed by atoms with Crippen molar-refractivity contribution in [3.05, 3.63) is 54.2 Å². The number of aromatic nitrogens is 2. The molecule has 0 fully saturated rings. The summed E-state index contributed by atoms with van der Waals surface area (Å²) in [6, 6.07) is 14.7. The largest absolute Gasteiger partial charge is 0.495 e. The first-order chi connectivity index (χ1) is 11.2. The first-order valence-electron chi connectivity index (χ1n) is 6.98. The third-order valence-electron chi connectivity index (χ3n) is 3.31. The fourth-order valence-corrected chi connectivity index (χ4v) is 2.20. The number of carbonyl (C=O) groups is 1. The Bertz CT molecular complexity index is 865. The van der Waals surface area contributed by atoms with Crippen LogP contribution < -0.4 is 10.1 Å². The molecule has 2 aromatic carbocycles. The van der Waals surface area contributed by atoms with Gasteiger partial charge in [0.2, 0.25) is 0 Å². The molecule has 3 rings (SSSR count). The Kier molecular flexibility index (Phi) is 4.05. The first kappa shape index (κ1) is 14.8. The number of nitrogens with zero attached hydrogens (tertiary/aromatic N) is 2. The molecule has 0 amide bonds. The van der Waals surface area contributed by atoms with Gasteiger partial charge in [0.15, 0.2) is 11.5 Å². The van der Waals surface area contributed by atoms with Crippen LogP contribution in [0, 0.1) is 0 Å². The molecular weight excluding hydrogens is 294 g/mol. The summed E-state index contributed by atoms with van der Waals surface area (Å²) in [4.78, 5) is 20.9. The number of hydrogen-bond acceptors (Lipinski definition) is 6. The van der Waals surface area contributed by atoms with Crippen molar-refractivity contribution in [2.75, 3.05) is 19.5 Å². The summed E-state index contributed by atoms with van der Waals surface area (Å²) in [5.74, 6) is 0.402. The van der Waals surface area contributed by atoms with Crippen molar-refractivity contribution in [3.63, 3.8) is 0 Å². The van der Waals surface area contributed by atoms with Gasteiger partial charge < -0.3 is 14.8 Å². The lowest BCUT2D eigenvalue weighted by Crippen LogP contribution is -2.10. The Labute approximate surface area is 133 Å². The fourth-order valence-electron chi connectivity index (χ4n) is 2.20. The lowest BCUT2D eigenvalue weighted by atomic mass is 10.2. The highest BCUT2D eigenvalue weighted by atomic mass is 16.5. The summed E-state index contributed by atoms with van der Waals surface area (Å²) in [5, 5.41) is 3.10. The zero-order valence-corrected chi connectivity index (χ0v) is 12.7. The predicted octanol–water partition coefficient (Wildman–Crippen LogP) is 3.17. The topological polar surface area (TPSA) is 73.3 Å². The Balaban J connectivity index is 2.12. The lowest BCUT2D eigenvalue weighted by molar-refractivity contribution is 0.0595. The monoisotopic (exact) mass is 309 g/mol. The van der Waals surface area contributed by atoms with E-state index in [4.69, 9.17) is 9.47 Å². The van der Waals surface area contributed by atoms with Gasteiger partial charge in [-0.15, -0.1) is 0 Å². The second-order valence-corrected chi connectivity index (χ2v) is 4.73. The number of carbonyl (C=O) groups excluding carboxylic acids is 1. The molecule has 1 aromatic heterocycles. The Morgan fingerprint density at radius 1 is 0.957 bits per heavy atom. The highest BCUT2D eigenvalue weighted by Crippen LogP contribution is 2.28. The average molecular weight is 309 g/mol. The van der Waals surface area contributed by atoms with Gasteiger partial charge in [-0.25, -0.2) is 14.8 Å². The molecule has 6 heteroatoms. The number of hydrogen-bond donors (Lipinski definition) is 1. The summed E-state index contributed by atoms with van der Waals surface area (Å²) in [7, 11) is 2.89. The van der Waals surface area contributed by atoms with Crippen LogP contribution in [0.25, 0.3) is 11.0 Å². The number of fused-ring (bicyclic) bond motifs is 1. The summed E-state index contributed by atoms with van der Waals surface area (Å²) in [6.45, 7) is 0. The van der Waals surface area contributed by atoms with E-state index < -0.39 is 5.97 Å². The standard InChI is InChI=1S/C17H15N3O3/c1-22-14-10-6-5-9-13(14)20-16-15(17(21)23-2)18-11-7-3-4-8-12(11)19-16/h3-10H,1-2H3,(H,19,20). The molecule has 0 aliphatic heterocycles. The zero-order valence-electron chi connectivity index (χ0n) is 12.7. The Morgan fingerprint density at radius 2 is 1.61 bits per heavy atom. The van der Waals surface area contributed by atoms with Crippen molar-refractivity contribution in [3.8, 4) is 5.75 Å². The normalized spacial score (nSPS) is 10.3. The van der Waals surface area contributed by atoms with Gasteiger partial charge in [0.05, 0.1) is 30.9 Å². The maximum Gasteiger partial charge on any atom is 0.360 e. The van der Waals surface area contributed by atoms with Crippen molar-refractivity contribution >= 4 is 28.5 Å². The van der Waals surface area contributed by atoms with Gasteiger partial charge >= 0.3 is 5.97 Å². The summed E-state index contributed by atoms with van der Waals surface area (Å²) >= 11 is 0. The summed E-state index contributed by atoms with van der Waals surface area (Å²) < 4.78 is 10.1. The third kappa shape index (κ3) is 2.91. The van der Waals surface area contributed by atoms with E-state index in [1.807, 2.05) is 42.5 Å². The Hall–Kier alpha value is -3.15. The molecule has 3 aromatic rings. The number of ether oxygens (including phenoxy) is 2. The number of para-hydroxylation sites is 4. The number of esters is 1. The summed E-state index contributed by atoms with van der Waals surface area (Å²) in [5.41, 5.74) is 2.11. The molecule has 116 valence electrons. The average Bonchev–Trinajstić information content (AvgIpc) is 2.61. The molecule has 23 heavy (non-hydrogen) atoms. The quantitative estimate of drug-likeness (QED) is 0.746. The van der Waals surface area contributed by atoms with Gasteiger partial charge in [0.25, 0.3) is 0 Å². The van der Waals surface area contributed by atoms with E-state index in [1.54, 1.807) is 13.2 Å². The highest BCUT2D eigenvalue weighted by molar-refractivity contribution is 5.96. The number of methoxy groups -OCH3 is 2. The lowest BCUT2D eigenvalue weighted by Gasteiger charge is -2.13. The number of rotatable bonds is 4. The minimum Gasteiger partial charge on any atom is -0.495 e. The van der Waals surface area contributed by atoms with Crippen LogP contribution in [0.15, 0.2) is 48.5 Å². The van der Waals surface area contributed by atoms with E-state index in [2.05, 4.69) is 15.3 Å². The van der Waals surface area contributed by atoms with Crippen molar-refractivity contribution in [2.45, 2.75) is 0 Å². The number of benzene rings is 2. The van der Waals surface area contributed by atoms with E-state index in [-0.39, 0.29) is 5.69 Å². The maximum atomic E-state index is 12.0. The molecule has 0 bridgehead atoms. The number of anilines is 2. The van der Waals surface area contributed by atoms with Gasteiger partial charge in [0.1, 0.15) is 5.75 Å². The molecular formula is C17H15N3O3. The van der Waals surface area contributed by atoms with E-state index >= 15 is 0 Å². The van der Waals surface area contributed by atoms with E-state index in [9.17, 15) is 4.79 Å². The molecule has 0 saturated heterocycles.